The third-order valence-electron chi connectivity index (χ3n) is 3.11. The van der Waals surface area contributed by atoms with Gasteiger partial charge in [0.1, 0.15) is 0 Å². The number of anilines is 1. The van der Waals surface area contributed by atoms with Crippen LogP contribution in [0.1, 0.15) is 24.5 Å². The highest BCUT2D eigenvalue weighted by Gasteiger charge is 2.18. The fraction of sp³-hybridized carbons (Fsp3) is 0.500. The second-order valence-corrected chi connectivity index (χ2v) is 4.13. The van der Waals surface area contributed by atoms with Gasteiger partial charge < -0.3 is 4.90 Å². The highest BCUT2D eigenvalue weighted by atomic mass is 15.1. The number of hydrogen-bond acceptors (Lipinski definition) is 1. The van der Waals surface area contributed by atoms with E-state index in [4.69, 9.17) is 0 Å². The molecule has 0 spiro atoms. The molecule has 0 aromatic heterocycles. The lowest BCUT2D eigenvalue weighted by molar-refractivity contribution is 0.598. The number of aryl methyl sites for hydroxylation is 2. The van der Waals surface area contributed by atoms with Crippen LogP contribution >= 0.6 is 0 Å². The Labute approximate surface area is 80.4 Å². The van der Waals surface area contributed by atoms with Gasteiger partial charge in [0, 0.05) is 18.8 Å². The van der Waals surface area contributed by atoms with Crippen molar-refractivity contribution in [3.63, 3.8) is 0 Å². The van der Waals surface area contributed by atoms with Gasteiger partial charge in [-0.3, -0.25) is 0 Å². The van der Waals surface area contributed by atoms with Crippen molar-refractivity contribution in [3.8, 4) is 0 Å². The minimum atomic E-state index is 0.690. The maximum Gasteiger partial charge on any atom is 0.0398 e. The first-order valence-electron chi connectivity index (χ1n) is 5.01. The molecule has 0 N–H and O–H groups in total. The molecule has 1 heteroatoms. The second-order valence-electron chi connectivity index (χ2n) is 4.13. The zero-order valence-corrected chi connectivity index (χ0v) is 8.67. The quantitative estimate of drug-likeness (QED) is 0.586. The van der Waals surface area contributed by atoms with Crippen LogP contribution in [-0.2, 0) is 6.42 Å². The third-order valence-corrected chi connectivity index (χ3v) is 3.11. The molecule has 0 fully saturated rings. The van der Waals surface area contributed by atoms with Gasteiger partial charge in [0.15, 0.2) is 0 Å². The molecule has 0 saturated heterocycles. The molecule has 0 saturated carbocycles. The van der Waals surface area contributed by atoms with Crippen molar-refractivity contribution in [1.82, 2.24) is 0 Å². The van der Waals surface area contributed by atoms with Gasteiger partial charge in [0.2, 0.25) is 0 Å². The first-order chi connectivity index (χ1) is 6.18. The monoisotopic (exact) mass is 175 g/mol. The zero-order chi connectivity index (χ0) is 9.42. The number of rotatable bonds is 0. The van der Waals surface area contributed by atoms with Gasteiger partial charge in [-0.25, -0.2) is 0 Å². The summed E-state index contributed by atoms with van der Waals surface area (Å²) in [6, 6.07) is 7.46. The van der Waals surface area contributed by atoms with Crippen LogP contribution in [0.25, 0.3) is 0 Å². The van der Waals surface area contributed by atoms with E-state index >= 15 is 0 Å². The molecule has 70 valence electrons. The van der Waals surface area contributed by atoms with E-state index in [-0.39, 0.29) is 0 Å². The van der Waals surface area contributed by atoms with E-state index in [0.717, 1.165) is 0 Å². The van der Waals surface area contributed by atoms with Crippen LogP contribution in [0.4, 0.5) is 5.69 Å². The topological polar surface area (TPSA) is 3.24 Å². The zero-order valence-electron chi connectivity index (χ0n) is 8.67. The summed E-state index contributed by atoms with van der Waals surface area (Å²) in [4.78, 5) is 2.39. The van der Waals surface area contributed by atoms with Crippen LogP contribution in [0, 0.1) is 6.92 Å². The highest BCUT2D eigenvalue weighted by molar-refractivity contribution is 5.56. The molecular weight excluding hydrogens is 158 g/mol. The molecular formula is C12H17N. The number of benzene rings is 1. The second kappa shape index (κ2) is 3.06. The van der Waals surface area contributed by atoms with Crippen LogP contribution in [0.3, 0.4) is 0 Å². The summed E-state index contributed by atoms with van der Waals surface area (Å²) in [7, 11) is 2.19. The average Bonchev–Trinajstić information content (AvgIpc) is 2.12. The van der Waals surface area contributed by atoms with Gasteiger partial charge in [-0.05, 0) is 38.3 Å². The number of nitrogens with zero attached hydrogens (tertiary/aromatic N) is 1. The molecule has 13 heavy (non-hydrogen) atoms. The van der Waals surface area contributed by atoms with Crippen molar-refractivity contribution < 1.29 is 0 Å². The molecule has 1 aromatic rings. The van der Waals surface area contributed by atoms with Crippen LogP contribution in [-0.4, -0.2) is 13.1 Å². The molecule has 1 heterocycles. The molecule has 0 radical (unpaired) electrons. The minimum absolute atomic E-state index is 0.690. The molecule has 1 aliphatic rings. The van der Waals surface area contributed by atoms with E-state index in [0.29, 0.717) is 6.04 Å². The van der Waals surface area contributed by atoms with Crippen LogP contribution < -0.4 is 4.90 Å². The first-order valence-corrected chi connectivity index (χ1v) is 5.01. The Hall–Kier alpha value is -0.980. The minimum Gasteiger partial charge on any atom is -0.372 e. The predicted molar refractivity (Wildman–Crippen MR) is 57.4 cm³/mol. The molecule has 1 aliphatic heterocycles. The summed E-state index contributed by atoms with van der Waals surface area (Å²) < 4.78 is 0. The van der Waals surface area contributed by atoms with Crippen LogP contribution in [0.5, 0.6) is 0 Å². The van der Waals surface area contributed by atoms with Crippen LogP contribution in [0.2, 0.25) is 0 Å². The molecule has 0 amide bonds. The standard InChI is InChI=1S/C12H17N/c1-9-4-7-12-11(8-9)6-5-10(2)13(12)3/h4,7-8,10H,5-6H2,1-3H3. The molecule has 1 aromatic carbocycles. The van der Waals surface area contributed by atoms with E-state index in [1.54, 1.807) is 0 Å². The molecule has 2 rings (SSSR count). The SMILES string of the molecule is Cc1ccc2c(c1)CCC(C)N2C. The van der Waals surface area contributed by atoms with Gasteiger partial charge in [0.05, 0.1) is 0 Å². The highest BCUT2D eigenvalue weighted by Crippen LogP contribution is 2.29. The smallest absolute Gasteiger partial charge is 0.0398 e. The van der Waals surface area contributed by atoms with Gasteiger partial charge in [-0.2, -0.15) is 0 Å². The first kappa shape index (κ1) is 8.61. The van der Waals surface area contributed by atoms with E-state index in [1.807, 2.05) is 0 Å². The lowest BCUT2D eigenvalue weighted by Crippen LogP contribution is -2.33. The molecule has 0 bridgehead atoms. The molecule has 1 unspecified atom stereocenters. The summed E-state index contributed by atoms with van der Waals surface area (Å²) in [6.45, 7) is 4.46. The van der Waals surface area contributed by atoms with Crippen molar-refractivity contribution in [2.75, 3.05) is 11.9 Å². The van der Waals surface area contributed by atoms with Gasteiger partial charge in [-0.15, -0.1) is 0 Å². The van der Waals surface area contributed by atoms with Crippen molar-refractivity contribution in [2.24, 2.45) is 0 Å². The van der Waals surface area contributed by atoms with Crippen molar-refractivity contribution in [1.29, 1.82) is 0 Å². The lowest BCUT2D eigenvalue weighted by atomic mass is 9.96. The van der Waals surface area contributed by atoms with Crippen LogP contribution in [0.15, 0.2) is 18.2 Å². The van der Waals surface area contributed by atoms with Gasteiger partial charge >= 0.3 is 0 Å². The summed E-state index contributed by atoms with van der Waals surface area (Å²) in [5.41, 5.74) is 4.31. The normalized spacial score (nSPS) is 21.5. The third kappa shape index (κ3) is 1.43. The Bertz CT molecular complexity index is 317. The Morgan fingerprint density at radius 2 is 2.15 bits per heavy atom. The summed E-state index contributed by atoms with van der Waals surface area (Å²) in [6.07, 6.45) is 2.52. The Balaban J connectivity index is 2.44. The molecule has 1 atom stereocenters. The summed E-state index contributed by atoms with van der Waals surface area (Å²) in [5, 5.41) is 0. The molecule has 1 nitrogen and oxygen atoms in total. The number of hydrogen-bond donors (Lipinski definition) is 0. The predicted octanol–water partition coefficient (Wildman–Crippen LogP) is 2.77. The van der Waals surface area contributed by atoms with E-state index < -0.39 is 0 Å². The fourth-order valence-corrected chi connectivity index (χ4v) is 2.05. The lowest BCUT2D eigenvalue weighted by Gasteiger charge is -2.34. The molecule has 0 aliphatic carbocycles. The average molecular weight is 175 g/mol. The van der Waals surface area contributed by atoms with Crippen molar-refractivity contribution >= 4 is 5.69 Å². The Morgan fingerprint density at radius 3 is 2.92 bits per heavy atom. The van der Waals surface area contributed by atoms with E-state index in [1.165, 1.54) is 29.7 Å². The maximum atomic E-state index is 2.39. The van der Waals surface area contributed by atoms with Gasteiger partial charge in [-0.1, -0.05) is 17.7 Å². The Kier molecular flexibility index (Phi) is 2.03. The van der Waals surface area contributed by atoms with Crippen molar-refractivity contribution in [3.05, 3.63) is 29.3 Å². The van der Waals surface area contributed by atoms with Crippen molar-refractivity contribution in [2.45, 2.75) is 32.7 Å². The number of fused-ring (bicyclic) bond motifs is 1. The largest absolute Gasteiger partial charge is 0.372 e. The summed E-state index contributed by atoms with van der Waals surface area (Å²) in [5.74, 6) is 0. The fourth-order valence-electron chi connectivity index (χ4n) is 2.05. The van der Waals surface area contributed by atoms with E-state index in [9.17, 15) is 0 Å². The Morgan fingerprint density at radius 1 is 1.38 bits per heavy atom. The summed E-state index contributed by atoms with van der Waals surface area (Å²) >= 11 is 0. The van der Waals surface area contributed by atoms with E-state index in [2.05, 4.69) is 44.0 Å². The maximum absolute atomic E-state index is 2.39. The van der Waals surface area contributed by atoms with Gasteiger partial charge in [0.25, 0.3) is 0 Å².